The fraction of sp³-hybridized carbons (Fsp3) is 0.636. The smallest absolute Gasteiger partial charge is 0.307 e. The summed E-state index contributed by atoms with van der Waals surface area (Å²) in [5.74, 6) is -0.296. The molecule has 1 aromatic rings. The third kappa shape index (κ3) is 2.41. The monoisotopic (exact) mass is 225 g/mol. The quantitative estimate of drug-likeness (QED) is 0.778. The van der Waals surface area contributed by atoms with E-state index in [1.54, 1.807) is 0 Å². The zero-order valence-electron chi connectivity index (χ0n) is 10.3. The molecule has 0 amide bonds. The first-order chi connectivity index (χ1) is 7.51. The number of rotatable bonds is 4. The van der Waals surface area contributed by atoms with Crippen LogP contribution in [0.5, 0.6) is 0 Å². The number of nitrogens with zero attached hydrogens (tertiary/aromatic N) is 2. The van der Waals surface area contributed by atoms with Crippen molar-refractivity contribution in [3.8, 4) is 0 Å². The molecule has 16 heavy (non-hydrogen) atoms. The molecule has 1 atom stereocenters. The number of esters is 1. The van der Waals surface area contributed by atoms with Gasteiger partial charge in [-0.1, -0.05) is 0 Å². The highest BCUT2D eigenvalue weighted by Gasteiger charge is 2.20. The summed E-state index contributed by atoms with van der Waals surface area (Å²) in [6.45, 7) is 6.70. The lowest BCUT2D eigenvalue weighted by molar-refractivity contribution is -0.141. The molecular formula is C11H19N3O2. The van der Waals surface area contributed by atoms with Crippen molar-refractivity contribution in [1.29, 1.82) is 0 Å². The van der Waals surface area contributed by atoms with Crippen LogP contribution in [0, 0.1) is 13.8 Å². The van der Waals surface area contributed by atoms with Crippen LogP contribution in [0.3, 0.4) is 0 Å². The fourth-order valence-electron chi connectivity index (χ4n) is 1.92. The molecule has 0 aliphatic carbocycles. The Morgan fingerprint density at radius 2 is 2.19 bits per heavy atom. The van der Waals surface area contributed by atoms with E-state index in [0.29, 0.717) is 0 Å². The van der Waals surface area contributed by atoms with E-state index >= 15 is 0 Å². The number of methoxy groups -OCH3 is 1. The van der Waals surface area contributed by atoms with Crippen LogP contribution in [-0.2, 0) is 16.1 Å². The molecule has 0 saturated carbocycles. The number of nitrogens with two attached hydrogens (primary N) is 1. The SMILES string of the molecule is CCn1nc(C)c(C(N)CC(=O)OC)c1C. The first-order valence-corrected chi connectivity index (χ1v) is 5.37. The summed E-state index contributed by atoms with van der Waals surface area (Å²) in [7, 11) is 1.37. The van der Waals surface area contributed by atoms with E-state index in [9.17, 15) is 4.79 Å². The van der Waals surface area contributed by atoms with Crippen molar-refractivity contribution in [2.24, 2.45) is 5.73 Å². The molecule has 0 fully saturated rings. The van der Waals surface area contributed by atoms with Crippen LogP contribution in [0.25, 0.3) is 0 Å². The van der Waals surface area contributed by atoms with Gasteiger partial charge in [0, 0.05) is 23.8 Å². The molecule has 1 aromatic heterocycles. The molecule has 1 unspecified atom stereocenters. The lowest BCUT2D eigenvalue weighted by Crippen LogP contribution is -2.17. The van der Waals surface area contributed by atoms with Crippen LogP contribution >= 0.6 is 0 Å². The lowest BCUT2D eigenvalue weighted by Gasteiger charge is -2.11. The lowest BCUT2D eigenvalue weighted by atomic mass is 10.0. The average molecular weight is 225 g/mol. The van der Waals surface area contributed by atoms with Gasteiger partial charge >= 0.3 is 5.97 Å². The highest BCUT2D eigenvalue weighted by molar-refractivity contribution is 5.70. The molecule has 0 aliphatic heterocycles. The maximum atomic E-state index is 11.2. The summed E-state index contributed by atoms with van der Waals surface area (Å²) in [6, 6.07) is -0.340. The van der Waals surface area contributed by atoms with Gasteiger partial charge in [0.15, 0.2) is 0 Å². The standard InChI is InChI=1S/C11H19N3O2/c1-5-14-8(3)11(7(2)13-14)9(12)6-10(15)16-4/h9H,5-6,12H2,1-4H3. The van der Waals surface area contributed by atoms with Crippen LogP contribution in [0.2, 0.25) is 0 Å². The third-order valence-electron chi connectivity index (χ3n) is 2.72. The van der Waals surface area contributed by atoms with Crippen molar-refractivity contribution in [3.05, 3.63) is 17.0 Å². The number of hydrogen-bond acceptors (Lipinski definition) is 4. The predicted molar refractivity (Wildman–Crippen MR) is 60.9 cm³/mol. The zero-order chi connectivity index (χ0) is 12.3. The number of aromatic nitrogens is 2. The Balaban J connectivity index is 2.94. The minimum absolute atomic E-state index is 0.188. The zero-order valence-corrected chi connectivity index (χ0v) is 10.3. The van der Waals surface area contributed by atoms with Gasteiger partial charge in [-0.05, 0) is 20.8 Å². The van der Waals surface area contributed by atoms with Gasteiger partial charge in [0.05, 0.1) is 19.2 Å². The number of hydrogen-bond donors (Lipinski definition) is 1. The van der Waals surface area contributed by atoms with Gasteiger partial charge in [0.25, 0.3) is 0 Å². The molecule has 0 saturated heterocycles. The first kappa shape index (κ1) is 12.7. The summed E-state index contributed by atoms with van der Waals surface area (Å²) in [5, 5.41) is 4.37. The highest BCUT2D eigenvalue weighted by Crippen LogP contribution is 2.22. The van der Waals surface area contributed by atoms with Crippen LogP contribution < -0.4 is 5.73 Å². The van der Waals surface area contributed by atoms with Gasteiger partial charge in [-0.25, -0.2) is 0 Å². The summed E-state index contributed by atoms with van der Waals surface area (Å²) < 4.78 is 6.50. The minimum atomic E-state index is -0.340. The van der Waals surface area contributed by atoms with Crippen molar-refractivity contribution in [3.63, 3.8) is 0 Å². The Morgan fingerprint density at radius 1 is 1.56 bits per heavy atom. The fourth-order valence-corrected chi connectivity index (χ4v) is 1.92. The normalized spacial score (nSPS) is 12.6. The topological polar surface area (TPSA) is 70.1 Å². The molecule has 1 heterocycles. The molecule has 0 radical (unpaired) electrons. The molecule has 5 nitrogen and oxygen atoms in total. The third-order valence-corrected chi connectivity index (χ3v) is 2.72. The number of carbonyl (C=O) groups is 1. The molecule has 0 aliphatic rings. The second-order valence-corrected chi connectivity index (χ2v) is 3.79. The minimum Gasteiger partial charge on any atom is -0.469 e. The van der Waals surface area contributed by atoms with Gasteiger partial charge in [-0.3, -0.25) is 9.48 Å². The molecule has 0 aromatic carbocycles. The van der Waals surface area contributed by atoms with Crippen molar-refractivity contribution >= 4 is 5.97 Å². The number of ether oxygens (including phenoxy) is 1. The van der Waals surface area contributed by atoms with Gasteiger partial charge in [0.2, 0.25) is 0 Å². The van der Waals surface area contributed by atoms with E-state index < -0.39 is 0 Å². The average Bonchev–Trinajstić information content (AvgIpc) is 2.53. The van der Waals surface area contributed by atoms with Gasteiger partial charge in [-0.2, -0.15) is 5.10 Å². The Kier molecular flexibility index (Phi) is 4.06. The van der Waals surface area contributed by atoms with Crippen LogP contribution in [0.1, 0.15) is 36.3 Å². The van der Waals surface area contributed by atoms with Crippen LogP contribution in [0.15, 0.2) is 0 Å². The molecule has 1 rings (SSSR count). The maximum absolute atomic E-state index is 11.2. The van der Waals surface area contributed by atoms with Crippen molar-refractivity contribution in [1.82, 2.24) is 9.78 Å². The Hall–Kier alpha value is -1.36. The number of aryl methyl sites for hydroxylation is 2. The van der Waals surface area contributed by atoms with Gasteiger partial charge in [0.1, 0.15) is 0 Å². The van der Waals surface area contributed by atoms with Crippen molar-refractivity contribution in [2.75, 3.05) is 7.11 Å². The van der Waals surface area contributed by atoms with E-state index in [2.05, 4.69) is 9.84 Å². The summed E-state index contributed by atoms with van der Waals surface area (Å²) in [4.78, 5) is 11.2. The predicted octanol–water partition coefficient (Wildman–Crippen LogP) is 1.08. The van der Waals surface area contributed by atoms with E-state index in [-0.39, 0.29) is 18.4 Å². The van der Waals surface area contributed by atoms with E-state index in [1.807, 2.05) is 25.5 Å². The van der Waals surface area contributed by atoms with Crippen LogP contribution in [-0.4, -0.2) is 22.9 Å². The van der Waals surface area contributed by atoms with Gasteiger partial charge in [-0.15, -0.1) is 0 Å². The summed E-state index contributed by atoms with van der Waals surface area (Å²) >= 11 is 0. The maximum Gasteiger partial charge on any atom is 0.307 e. The Morgan fingerprint density at radius 3 is 2.62 bits per heavy atom. The van der Waals surface area contributed by atoms with E-state index in [0.717, 1.165) is 23.5 Å². The van der Waals surface area contributed by atoms with Gasteiger partial charge < -0.3 is 10.5 Å². The molecule has 0 spiro atoms. The van der Waals surface area contributed by atoms with Crippen molar-refractivity contribution < 1.29 is 9.53 Å². The van der Waals surface area contributed by atoms with E-state index in [1.165, 1.54) is 7.11 Å². The summed E-state index contributed by atoms with van der Waals surface area (Å²) in [6.07, 6.45) is 0.188. The highest BCUT2D eigenvalue weighted by atomic mass is 16.5. The van der Waals surface area contributed by atoms with Crippen molar-refractivity contribution in [2.45, 2.75) is 39.8 Å². The Bertz CT molecular complexity index is 385. The molecule has 5 heteroatoms. The second-order valence-electron chi connectivity index (χ2n) is 3.79. The van der Waals surface area contributed by atoms with Crippen LogP contribution in [0.4, 0.5) is 0 Å². The second kappa shape index (κ2) is 5.12. The molecular weight excluding hydrogens is 206 g/mol. The molecule has 0 bridgehead atoms. The largest absolute Gasteiger partial charge is 0.469 e. The number of carbonyl (C=O) groups excluding carboxylic acids is 1. The summed E-state index contributed by atoms with van der Waals surface area (Å²) in [5.41, 5.74) is 8.85. The Labute approximate surface area is 95.6 Å². The first-order valence-electron chi connectivity index (χ1n) is 5.37. The molecule has 90 valence electrons. The molecule has 2 N–H and O–H groups in total. The van der Waals surface area contributed by atoms with E-state index in [4.69, 9.17) is 5.73 Å².